The van der Waals surface area contributed by atoms with Crippen molar-refractivity contribution in [3.05, 3.63) is 23.8 Å². The Labute approximate surface area is 221 Å². The lowest BCUT2D eigenvalue weighted by Gasteiger charge is -2.35. The minimum atomic E-state index is -3.58. The summed E-state index contributed by atoms with van der Waals surface area (Å²) in [6.07, 6.45) is 3.68. The topological polar surface area (TPSA) is 143 Å². The van der Waals surface area contributed by atoms with Crippen LogP contribution in [0.2, 0.25) is 0 Å². The number of amides is 1. The van der Waals surface area contributed by atoms with Crippen molar-refractivity contribution in [3.8, 4) is 5.75 Å². The molecule has 0 bridgehead atoms. The number of hydrogen-bond donors (Lipinski definition) is 2. The van der Waals surface area contributed by atoms with E-state index in [1.54, 1.807) is 13.0 Å². The van der Waals surface area contributed by atoms with Gasteiger partial charge in [0.2, 0.25) is 20.0 Å². The van der Waals surface area contributed by atoms with Gasteiger partial charge in [0.1, 0.15) is 5.75 Å². The summed E-state index contributed by atoms with van der Waals surface area (Å²) in [6.45, 7) is 5.88. The van der Waals surface area contributed by atoms with E-state index in [9.17, 15) is 26.7 Å². The Balaban J connectivity index is 2.52. The van der Waals surface area contributed by atoms with Gasteiger partial charge in [-0.15, -0.1) is 0 Å². The summed E-state index contributed by atoms with van der Waals surface area (Å²) in [5.74, 6) is -0.410. The van der Waals surface area contributed by atoms with Crippen molar-refractivity contribution in [2.45, 2.75) is 58.3 Å². The van der Waals surface area contributed by atoms with Gasteiger partial charge in [-0.25, -0.2) is 21.1 Å². The van der Waals surface area contributed by atoms with E-state index < -0.39 is 38.1 Å². The van der Waals surface area contributed by atoms with Crippen molar-refractivity contribution in [2.24, 2.45) is 5.92 Å². The summed E-state index contributed by atoms with van der Waals surface area (Å²) >= 11 is 0. The van der Waals surface area contributed by atoms with Crippen molar-refractivity contribution in [1.29, 1.82) is 0 Å². The summed E-state index contributed by atoms with van der Waals surface area (Å²) in [7, 11) is -5.53. The molecule has 13 heteroatoms. The molecule has 1 aliphatic rings. The number of ether oxygens (including phenoxy) is 2. The quantitative estimate of drug-likeness (QED) is 0.511. The predicted octanol–water partition coefficient (Wildman–Crippen LogP) is 1.75. The highest BCUT2D eigenvalue weighted by molar-refractivity contribution is 7.92. The van der Waals surface area contributed by atoms with Crippen LogP contribution >= 0.6 is 0 Å². The molecule has 0 unspecified atom stereocenters. The van der Waals surface area contributed by atoms with Crippen LogP contribution in [0.4, 0.5) is 5.69 Å². The smallest absolute Gasteiger partial charge is 0.258 e. The molecule has 37 heavy (non-hydrogen) atoms. The Morgan fingerprint density at radius 3 is 2.46 bits per heavy atom. The summed E-state index contributed by atoms with van der Waals surface area (Å²) in [5, 5.41) is 9.94. The summed E-state index contributed by atoms with van der Waals surface area (Å²) < 4.78 is 63.6. The van der Waals surface area contributed by atoms with E-state index in [1.807, 2.05) is 13.8 Å². The lowest BCUT2D eigenvalue weighted by atomic mass is 10.0. The van der Waals surface area contributed by atoms with Crippen LogP contribution in [0.25, 0.3) is 0 Å². The monoisotopic (exact) mass is 563 g/mol. The molecule has 11 nitrogen and oxygen atoms in total. The molecular formula is C24H41N3O8S2. The Bertz CT molecular complexity index is 1130. The molecular weight excluding hydrogens is 522 g/mol. The number of nitrogens with one attached hydrogen (secondary N) is 1. The fraction of sp³-hybridized carbons (Fsp3) is 0.708. The van der Waals surface area contributed by atoms with Gasteiger partial charge in [-0.2, -0.15) is 0 Å². The third kappa shape index (κ3) is 9.71. The Morgan fingerprint density at radius 1 is 1.19 bits per heavy atom. The number of anilines is 1. The van der Waals surface area contributed by atoms with Crippen molar-refractivity contribution < 1.29 is 36.2 Å². The van der Waals surface area contributed by atoms with Crippen LogP contribution in [-0.2, 0) is 24.8 Å². The van der Waals surface area contributed by atoms with Crippen molar-refractivity contribution in [3.63, 3.8) is 0 Å². The first-order valence-corrected chi connectivity index (χ1v) is 16.1. The molecule has 0 spiro atoms. The number of rotatable bonds is 7. The minimum absolute atomic E-state index is 0.119. The number of aliphatic hydroxyl groups excluding tert-OH is 1. The van der Waals surface area contributed by atoms with Gasteiger partial charge in [0, 0.05) is 38.3 Å². The number of hydrogen-bond acceptors (Lipinski definition) is 8. The molecule has 2 rings (SSSR count). The van der Waals surface area contributed by atoms with Crippen LogP contribution in [0.15, 0.2) is 18.2 Å². The number of aliphatic hydroxyl groups is 1. The lowest BCUT2D eigenvalue weighted by Crippen LogP contribution is -2.47. The Kier molecular flexibility index (Phi) is 11.2. The Hall–Kier alpha value is -1.93. The average Bonchev–Trinajstić information content (AvgIpc) is 2.79. The maximum Gasteiger partial charge on any atom is 0.258 e. The van der Waals surface area contributed by atoms with Crippen LogP contribution in [0.3, 0.4) is 0 Å². The third-order valence-corrected chi connectivity index (χ3v) is 8.25. The number of fused-ring (bicyclic) bond motifs is 1. The molecule has 0 aromatic heterocycles. The van der Waals surface area contributed by atoms with Crippen molar-refractivity contribution in [1.82, 2.24) is 9.21 Å². The van der Waals surface area contributed by atoms with E-state index in [0.717, 1.165) is 25.4 Å². The number of nitrogens with zero attached hydrogens (tertiary/aromatic N) is 2. The molecule has 1 aromatic carbocycles. The minimum Gasteiger partial charge on any atom is -0.490 e. The lowest BCUT2D eigenvalue weighted by molar-refractivity contribution is -0.00828. The summed E-state index contributed by atoms with van der Waals surface area (Å²) in [5.41, 5.74) is 0.378. The van der Waals surface area contributed by atoms with Crippen LogP contribution in [-0.4, -0.2) is 101 Å². The number of carbonyl (C=O) groups is 1. The van der Waals surface area contributed by atoms with Gasteiger partial charge in [-0.05, 0) is 51.3 Å². The fourth-order valence-electron chi connectivity index (χ4n) is 4.05. The second-order valence-corrected chi connectivity index (χ2v) is 13.8. The van der Waals surface area contributed by atoms with Crippen LogP contribution < -0.4 is 9.46 Å². The normalized spacial score (nSPS) is 23.6. The first kappa shape index (κ1) is 31.3. The maximum atomic E-state index is 13.9. The molecule has 0 saturated carbocycles. The van der Waals surface area contributed by atoms with E-state index >= 15 is 0 Å². The van der Waals surface area contributed by atoms with Gasteiger partial charge in [-0.1, -0.05) is 6.92 Å². The van der Waals surface area contributed by atoms with Crippen LogP contribution in [0, 0.1) is 5.92 Å². The molecule has 0 fully saturated rings. The molecule has 1 aromatic rings. The molecule has 212 valence electrons. The second kappa shape index (κ2) is 13.2. The maximum absolute atomic E-state index is 13.9. The molecule has 1 aliphatic heterocycles. The standard InChI is InChI=1S/C24H41N3O8S2/c1-17-14-27(18(2)16-28)24(29)21-13-20(25-36(5,30)31)10-11-22(21)35-19(3)9-7-8-12-34-23(17)15-26(4)37(6,32)33/h10-11,13,17-19,23,25,28H,7-9,12,14-16H2,1-6H3/t17-,18+,19+,23-/m0/s1. The van der Waals surface area contributed by atoms with E-state index in [1.165, 1.54) is 28.4 Å². The summed E-state index contributed by atoms with van der Waals surface area (Å²) in [4.78, 5) is 15.4. The van der Waals surface area contributed by atoms with Crippen molar-refractivity contribution >= 4 is 31.6 Å². The average molecular weight is 564 g/mol. The number of benzene rings is 1. The van der Waals surface area contributed by atoms with Gasteiger partial charge in [0.05, 0.1) is 42.9 Å². The zero-order chi connectivity index (χ0) is 28.0. The fourth-order valence-corrected chi connectivity index (χ4v) is 5.02. The highest BCUT2D eigenvalue weighted by atomic mass is 32.2. The van der Waals surface area contributed by atoms with Crippen LogP contribution in [0.1, 0.15) is 50.4 Å². The van der Waals surface area contributed by atoms with Gasteiger partial charge in [0.15, 0.2) is 0 Å². The SMILES string of the molecule is C[C@@H]1CCCCO[C@@H](CN(C)S(C)(=O)=O)[C@@H](C)CN([C@H](C)CO)C(=O)c2cc(NS(C)(=O)=O)ccc2O1. The van der Waals surface area contributed by atoms with E-state index in [4.69, 9.17) is 9.47 Å². The number of likely N-dealkylation sites (N-methyl/N-ethyl adjacent to an activating group) is 1. The van der Waals surface area contributed by atoms with Gasteiger partial charge < -0.3 is 19.5 Å². The van der Waals surface area contributed by atoms with E-state index in [2.05, 4.69) is 4.72 Å². The molecule has 0 saturated heterocycles. The van der Waals surface area contributed by atoms with Gasteiger partial charge >= 0.3 is 0 Å². The van der Waals surface area contributed by atoms with Crippen LogP contribution in [0.5, 0.6) is 5.75 Å². The van der Waals surface area contributed by atoms with E-state index in [-0.39, 0.29) is 43.0 Å². The molecule has 2 N–H and O–H groups in total. The predicted molar refractivity (Wildman–Crippen MR) is 143 cm³/mol. The highest BCUT2D eigenvalue weighted by Crippen LogP contribution is 2.28. The second-order valence-electron chi connectivity index (χ2n) is 9.93. The largest absolute Gasteiger partial charge is 0.490 e. The number of carbonyl (C=O) groups excluding carboxylic acids is 1. The zero-order valence-corrected chi connectivity index (χ0v) is 24.1. The summed E-state index contributed by atoms with van der Waals surface area (Å²) in [6, 6.07) is 3.97. The highest BCUT2D eigenvalue weighted by Gasteiger charge is 2.31. The molecule has 1 heterocycles. The van der Waals surface area contributed by atoms with Crippen molar-refractivity contribution in [2.75, 3.05) is 50.6 Å². The Morgan fingerprint density at radius 2 is 1.86 bits per heavy atom. The third-order valence-electron chi connectivity index (χ3n) is 6.36. The van der Waals surface area contributed by atoms with Gasteiger partial charge in [0.25, 0.3) is 5.91 Å². The zero-order valence-electron chi connectivity index (χ0n) is 22.5. The molecule has 1 amide bonds. The number of sulfonamides is 2. The molecule has 4 atom stereocenters. The van der Waals surface area contributed by atoms with E-state index in [0.29, 0.717) is 18.8 Å². The molecule has 0 radical (unpaired) electrons. The first-order chi connectivity index (χ1) is 17.1. The van der Waals surface area contributed by atoms with Gasteiger partial charge in [-0.3, -0.25) is 9.52 Å². The molecule has 0 aliphatic carbocycles. The first-order valence-electron chi connectivity index (χ1n) is 12.4.